The minimum Gasteiger partial charge on any atom is -0.497 e. The Kier molecular flexibility index (Phi) is 10.6. The molecule has 3 N–H and O–H groups in total. The fourth-order valence-electron chi connectivity index (χ4n) is 8.88. The summed E-state index contributed by atoms with van der Waals surface area (Å²) >= 11 is 0. The summed E-state index contributed by atoms with van der Waals surface area (Å²) in [4.78, 5) is 62.9. The Morgan fingerprint density at radius 1 is 1.07 bits per heavy atom. The topological polar surface area (TPSA) is 182 Å². The molecular formula is C43H55F2N5O9S. The van der Waals surface area contributed by atoms with Crippen molar-refractivity contribution in [2.75, 3.05) is 13.7 Å². The zero-order valence-electron chi connectivity index (χ0n) is 34.8. The largest absolute Gasteiger partial charge is 0.497 e. The van der Waals surface area contributed by atoms with Crippen LogP contribution in [0, 0.1) is 11.8 Å². The number of benzene rings is 1. The van der Waals surface area contributed by atoms with Gasteiger partial charge in [0.05, 0.1) is 41.6 Å². The maximum Gasteiger partial charge on any atom is 0.408 e. The molecule has 0 radical (unpaired) electrons. The zero-order valence-corrected chi connectivity index (χ0v) is 35.6. The van der Waals surface area contributed by atoms with Crippen LogP contribution in [0.15, 0.2) is 30.4 Å². The predicted octanol–water partition coefficient (Wildman–Crippen LogP) is 5.87. The molecule has 8 rings (SSSR count). The highest BCUT2D eigenvalue weighted by Crippen LogP contribution is 2.58. The Morgan fingerprint density at radius 3 is 2.50 bits per heavy atom. The fourth-order valence-corrected chi connectivity index (χ4v) is 10.2. The highest BCUT2D eigenvalue weighted by Gasteiger charge is 2.65. The van der Waals surface area contributed by atoms with Crippen LogP contribution in [0.25, 0.3) is 10.9 Å². The first kappa shape index (κ1) is 42.2. The molecule has 6 atom stereocenters. The first-order valence-corrected chi connectivity index (χ1v) is 22.7. The first-order chi connectivity index (χ1) is 28.3. The van der Waals surface area contributed by atoms with Crippen molar-refractivity contribution < 1.29 is 50.6 Å². The summed E-state index contributed by atoms with van der Waals surface area (Å²) in [5, 5.41) is 5.69. The molecule has 3 aliphatic heterocycles. The smallest absolute Gasteiger partial charge is 0.408 e. The van der Waals surface area contributed by atoms with Crippen LogP contribution < -0.4 is 24.8 Å². The van der Waals surface area contributed by atoms with E-state index in [-0.39, 0.29) is 47.8 Å². The molecular weight excluding hydrogens is 801 g/mol. The molecule has 1 spiro atoms. The van der Waals surface area contributed by atoms with Gasteiger partial charge in [-0.1, -0.05) is 38.8 Å². The van der Waals surface area contributed by atoms with Crippen molar-refractivity contribution in [3.8, 4) is 11.5 Å². The summed E-state index contributed by atoms with van der Waals surface area (Å²) in [6.07, 6.45) is 6.15. The number of carbonyl (C=O) groups is 4. The van der Waals surface area contributed by atoms with Gasteiger partial charge in [-0.2, -0.15) is 0 Å². The van der Waals surface area contributed by atoms with E-state index in [2.05, 4.69) is 15.4 Å². The first-order valence-electron chi connectivity index (χ1n) is 21.2. The Balaban J connectivity index is 1.18. The second-order valence-corrected chi connectivity index (χ2v) is 20.7. The van der Waals surface area contributed by atoms with Crippen molar-refractivity contribution in [2.45, 2.75) is 151 Å². The van der Waals surface area contributed by atoms with E-state index in [1.165, 1.54) is 18.1 Å². The normalized spacial score (nSPS) is 30.7. The van der Waals surface area contributed by atoms with Gasteiger partial charge >= 0.3 is 6.09 Å². The molecule has 60 heavy (non-hydrogen) atoms. The number of carbonyl (C=O) groups excluding carboxylic acids is 4. The number of aromatic nitrogens is 1. The van der Waals surface area contributed by atoms with Gasteiger partial charge in [-0.05, 0) is 89.3 Å². The van der Waals surface area contributed by atoms with Gasteiger partial charge in [-0.25, -0.2) is 27.0 Å². The lowest BCUT2D eigenvalue weighted by atomic mass is 9.84. The van der Waals surface area contributed by atoms with Crippen LogP contribution in [0.3, 0.4) is 0 Å². The number of alkyl carbamates (subject to hydrolysis) is 1. The average molecular weight is 856 g/mol. The minimum absolute atomic E-state index is 0.0157. The van der Waals surface area contributed by atoms with E-state index < -0.39 is 92.7 Å². The van der Waals surface area contributed by atoms with E-state index in [0.717, 1.165) is 12.8 Å². The number of allylic oxidation sites excluding steroid dienone is 1. The number of amides is 4. The lowest BCUT2D eigenvalue weighted by Crippen LogP contribution is -2.58. The number of halogens is 2. The average Bonchev–Trinajstić information content (AvgIpc) is 4.12. The van der Waals surface area contributed by atoms with E-state index in [1.54, 1.807) is 32.1 Å². The Labute approximate surface area is 349 Å². The lowest BCUT2D eigenvalue weighted by Gasteiger charge is -2.40. The van der Waals surface area contributed by atoms with E-state index >= 15 is 8.78 Å². The van der Waals surface area contributed by atoms with Crippen molar-refractivity contribution in [1.29, 1.82) is 0 Å². The van der Waals surface area contributed by atoms with Crippen LogP contribution in [0.1, 0.15) is 122 Å². The molecule has 3 aliphatic carbocycles. The molecule has 4 fully saturated rings. The van der Waals surface area contributed by atoms with Gasteiger partial charge in [0.15, 0.2) is 5.75 Å². The van der Waals surface area contributed by atoms with Crippen LogP contribution in [0.4, 0.5) is 13.6 Å². The van der Waals surface area contributed by atoms with Gasteiger partial charge in [0, 0.05) is 23.6 Å². The number of pyridine rings is 1. The SMILES string of the molecule is COc1ccc2nc(C3CC3)c3c(c2c1)C(F)(F)C[C@]1(C[C@H]2C(=O)N[C@]4(C(=O)NS(=O)(=O)C5(C)CC5)C[C@H]4/C=C\CCCCC[C@H](NC(=O)O[C@H](C)C(C)C)C(=O)N2C1)O3. The van der Waals surface area contributed by atoms with Crippen LogP contribution in [0.5, 0.6) is 11.5 Å². The van der Waals surface area contributed by atoms with E-state index in [9.17, 15) is 27.6 Å². The summed E-state index contributed by atoms with van der Waals surface area (Å²) in [7, 11) is -2.65. The Bertz CT molecular complexity index is 2250. The fraction of sp³-hybridized carbons (Fsp3) is 0.651. The van der Waals surface area contributed by atoms with E-state index in [1.807, 2.05) is 19.9 Å². The van der Waals surface area contributed by atoms with Crippen LogP contribution in [0.2, 0.25) is 0 Å². The molecule has 1 saturated heterocycles. The number of hydrogen-bond acceptors (Lipinski definition) is 10. The number of nitrogens with zero attached hydrogens (tertiary/aromatic N) is 2. The lowest BCUT2D eigenvalue weighted by molar-refractivity contribution is -0.141. The molecule has 326 valence electrons. The minimum atomic E-state index is -4.09. The van der Waals surface area contributed by atoms with Gasteiger partial charge < -0.3 is 29.7 Å². The molecule has 3 saturated carbocycles. The summed E-state index contributed by atoms with van der Waals surface area (Å²) in [6.45, 7) is 6.61. The molecule has 1 aromatic heterocycles. The second-order valence-electron chi connectivity index (χ2n) is 18.5. The quantitative estimate of drug-likeness (QED) is 0.272. The number of fused-ring (bicyclic) bond motifs is 5. The molecule has 6 aliphatic rings. The van der Waals surface area contributed by atoms with Crippen molar-refractivity contribution in [1.82, 2.24) is 25.2 Å². The summed E-state index contributed by atoms with van der Waals surface area (Å²) in [6, 6.07) is 2.17. The van der Waals surface area contributed by atoms with Gasteiger partial charge in [0.2, 0.25) is 21.8 Å². The molecule has 4 heterocycles. The van der Waals surface area contributed by atoms with Crippen molar-refractivity contribution in [3.63, 3.8) is 0 Å². The monoisotopic (exact) mass is 855 g/mol. The Morgan fingerprint density at radius 2 is 1.82 bits per heavy atom. The van der Waals surface area contributed by atoms with Crippen molar-refractivity contribution in [3.05, 3.63) is 41.6 Å². The maximum atomic E-state index is 17.1. The maximum absolute atomic E-state index is 17.1. The van der Waals surface area contributed by atoms with Crippen LogP contribution >= 0.6 is 0 Å². The van der Waals surface area contributed by atoms with Gasteiger partial charge in [0.25, 0.3) is 11.8 Å². The van der Waals surface area contributed by atoms with E-state index in [0.29, 0.717) is 55.5 Å². The summed E-state index contributed by atoms with van der Waals surface area (Å²) in [5.74, 6) is -6.33. The molecule has 2 aromatic rings. The third kappa shape index (κ3) is 7.79. The molecule has 17 heteroatoms. The van der Waals surface area contributed by atoms with Crippen molar-refractivity contribution in [2.24, 2.45) is 11.8 Å². The number of sulfonamides is 1. The molecule has 14 nitrogen and oxygen atoms in total. The molecule has 1 aromatic carbocycles. The van der Waals surface area contributed by atoms with Crippen molar-refractivity contribution >= 4 is 44.7 Å². The van der Waals surface area contributed by atoms with Gasteiger partial charge in [-0.15, -0.1) is 0 Å². The summed E-state index contributed by atoms with van der Waals surface area (Å²) < 4.78 is 79.6. The third-order valence-corrected chi connectivity index (χ3v) is 15.7. The number of methoxy groups -OCH3 is 1. The third-order valence-electron chi connectivity index (χ3n) is 13.5. The predicted molar refractivity (Wildman–Crippen MR) is 216 cm³/mol. The zero-order chi connectivity index (χ0) is 43.0. The molecule has 4 amide bonds. The number of nitrogens with one attached hydrogen (secondary N) is 3. The van der Waals surface area contributed by atoms with Crippen LogP contribution in [-0.2, 0) is 35.1 Å². The van der Waals surface area contributed by atoms with Crippen LogP contribution in [-0.4, -0.2) is 89.8 Å². The standard InChI is InChI=1S/C43H55F2N5O9S/c1-24(2)25(3)58-39(54)47-31-12-10-8-6-7-9-11-27-20-42(27,38(53)49-60(55,56)40(4)17-18-40)48-36(51)32-21-41(23-50(32)37(31)52)22-43(44,45)33-29-19-28(57-5)15-16-30(29)46-34(26-13-14-26)35(33)59-41/h9,11,15-16,19,24-27,31-32H,6-8,10,12-14,17-18,20-23H2,1-5H3,(H,47,54)(H,48,51)(H,49,53)/b11-9-/t25-,27-,31+,32+,41+,42-/m1/s1. The highest BCUT2D eigenvalue weighted by molar-refractivity contribution is 7.91. The Hall–Kier alpha value is -4.54. The number of rotatable bonds is 8. The van der Waals surface area contributed by atoms with Gasteiger partial charge in [-0.3, -0.25) is 19.1 Å². The molecule has 0 unspecified atom stereocenters. The van der Waals surface area contributed by atoms with E-state index in [4.69, 9.17) is 19.2 Å². The molecule has 0 bridgehead atoms. The number of alkyl halides is 2. The van der Waals surface area contributed by atoms with Gasteiger partial charge in [0.1, 0.15) is 35.1 Å². The highest BCUT2D eigenvalue weighted by atomic mass is 32.2. The number of ether oxygens (including phenoxy) is 3. The summed E-state index contributed by atoms with van der Waals surface area (Å²) in [5.41, 5.74) is -3.04. The second kappa shape index (κ2) is 15.1. The number of hydrogen-bond donors (Lipinski definition) is 3.